The standard InChI is InChI=1S/C15H14BrClN2S/c16-11-1-6-15(19-9-11)20-14-5-2-12(17)7-10(14)8-18-13-3-4-13/h1-2,5-7,9,13,18H,3-4,8H2. The predicted molar refractivity (Wildman–Crippen MR) is 87.4 cm³/mol. The van der Waals surface area contributed by atoms with Crippen molar-refractivity contribution in [1.29, 1.82) is 0 Å². The van der Waals surface area contributed by atoms with Crippen molar-refractivity contribution in [2.24, 2.45) is 0 Å². The van der Waals surface area contributed by atoms with Gasteiger partial charge in [-0.05, 0) is 64.7 Å². The topological polar surface area (TPSA) is 24.9 Å². The monoisotopic (exact) mass is 368 g/mol. The van der Waals surface area contributed by atoms with Gasteiger partial charge in [-0.1, -0.05) is 23.4 Å². The molecule has 2 aromatic rings. The molecule has 0 radical (unpaired) electrons. The van der Waals surface area contributed by atoms with E-state index in [-0.39, 0.29) is 0 Å². The molecule has 1 aliphatic rings. The average molecular weight is 370 g/mol. The Morgan fingerprint density at radius 3 is 2.85 bits per heavy atom. The molecule has 3 rings (SSSR count). The van der Waals surface area contributed by atoms with Crippen molar-refractivity contribution >= 4 is 39.3 Å². The SMILES string of the molecule is Clc1ccc(Sc2ccc(Br)cn2)c(CNC2CC2)c1. The predicted octanol–water partition coefficient (Wildman–Crippen LogP) is 4.90. The van der Waals surface area contributed by atoms with Gasteiger partial charge in [-0.15, -0.1) is 0 Å². The molecule has 0 bridgehead atoms. The van der Waals surface area contributed by atoms with Gasteiger partial charge in [-0.25, -0.2) is 4.98 Å². The number of nitrogens with one attached hydrogen (secondary N) is 1. The van der Waals surface area contributed by atoms with Crippen molar-refractivity contribution in [3.05, 3.63) is 51.6 Å². The molecule has 20 heavy (non-hydrogen) atoms. The molecule has 1 aliphatic carbocycles. The molecular formula is C15H14BrClN2S. The first kappa shape index (κ1) is 14.4. The Morgan fingerprint density at radius 2 is 2.15 bits per heavy atom. The zero-order valence-electron chi connectivity index (χ0n) is 10.8. The number of benzene rings is 1. The van der Waals surface area contributed by atoms with Crippen LogP contribution in [0.3, 0.4) is 0 Å². The number of pyridine rings is 1. The second-order valence-electron chi connectivity index (χ2n) is 4.82. The molecule has 0 saturated heterocycles. The summed E-state index contributed by atoms with van der Waals surface area (Å²) in [6.07, 6.45) is 4.40. The molecule has 0 aliphatic heterocycles. The Balaban J connectivity index is 1.77. The largest absolute Gasteiger partial charge is 0.310 e. The average Bonchev–Trinajstić information content (AvgIpc) is 3.25. The summed E-state index contributed by atoms with van der Waals surface area (Å²) >= 11 is 11.2. The van der Waals surface area contributed by atoms with Crippen LogP contribution in [0.15, 0.2) is 50.9 Å². The van der Waals surface area contributed by atoms with Crippen LogP contribution in [0.4, 0.5) is 0 Å². The molecule has 1 N–H and O–H groups in total. The zero-order chi connectivity index (χ0) is 13.9. The van der Waals surface area contributed by atoms with Gasteiger partial charge in [0.05, 0.1) is 0 Å². The number of halogens is 2. The number of hydrogen-bond donors (Lipinski definition) is 1. The van der Waals surface area contributed by atoms with Gasteiger partial charge in [0.25, 0.3) is 0 Å². The molecule has 0 atom stereocenters. The highest BCUT2D eigenvalue weighted by molar-refractivity contribution is 9.10. The van der Waals surface area contributed by atoms with E-state index in [1.54, 1.807) is 11.8 Å². The lowest BCUT2D eigenvalue weighted by atomic mass is 10.2. The van der Waals surface area contributed by atoms with E-state index in [1.165, 1.54) is 23.3 Å². The van der Waals surface area contributed by atoms with Crippen LogP contribution in [-0.4, -0.2) is 11.0 Å². The van der Waals surface area contributed by atoms with E-state index in [1.807, 2.05) is 30.5 Å². The summed E-state index contributed by atoms with van der Waals surface area (Å²) in [5.74, 6) is 0. The Morgan fingerprint density at radius 1 is 1.30 bits per heavy atom. The lowest BCUT2D eigenvalue weighted by Crippen LogP contribution is -2.15. The van der Waals surface area contributed by atoms with Gasteiger partial charge < -0.3 is 5.32 Å². The molecule has 1 heterocycles. The second-order valence-corrected chi connectivity index (χ2v) is 7.24. The van der Waals surface area contributed by atoms with Crippen molar-refractivity contribution < 1.29 is 0 Å². The normalized spacial score (nSPS) is 14.5. The second kappa shape index (κ2) is 6.48. The summed E-state index contributed by atoms with van der Waals surface area (Å²) in [6.45, 7) is 0.865. The number of aromatic nitrogens is 1. The number of nitrogens with zero attached hydrogens (tertiary/aromatic N) is 1. The van der Waals surface area contributed by atoms with Gasteiger partial charge in [0.1, 0.15) is 5.03 Å². The molecular weight excluding hydrogens is 356 g/mol. The van der Waals surface area contributed by atoms with E-state index >= 15 is 0 Å². The van der Waals surface area contributed by atoms with E-state index in [4.69, 9.17) is 11.6 Å². The minimum absolute atomic E-state index is 0.692. The van der Waals surface area contributed by atoms with Crippen LogP contribution in [0.1, 0.15) is 18.4 Å². The van der Waals surface area contributed by atoms with Crippen molar-refractivity contribution in [1.82, 2.24) is 10.3 Å². The fraction of sp³-hybridized carbons (Fsp3) is 0.267. The Bertz CT molecular complexity index is 599. The van der Waals surface area contributed by atoms with Crippen LogP contribution in [0.25, 0.3) is 0 Å². The summed E-state index contributed by atoms with van der Waals surface area (Å²) in [5, 5.41) is 5.31. The Labute approximate surface area is 136 Å². The first-order chi connectivity index (χ1) is 9.70. The molecule has 1 fully saturated rings. The van der Waals surface area contributed by atoms with Crippen LogP contribution >= 0.6 is 39.3 Å². The quantitative estimate of drug-likeness (QED) is 0.811. The summed E-state index contributed by atoms with van der Waals surface area (Å²) in [7, 11) is 0. The molecule has 1 saturated carbocycles. The van der Waals surface area contributed by atoms with Crippen LogP contribution in [0.2, 0.25) is 5.02 Å². The molecule has 1 aromatic heterocycles. The number of hydrogen-bond acceptors (Lipinski definition) is 3. The van der Waals surface area contributed by atoms with Crippen molar-refractivity contribution in [3.8, 4) is 0 Å². The van der Waals surface area contributed by atoms with Gasteiger partial charge in [0, 0.05) is 33.2 Å². The van der Waals surface area contributed by atoms with Crippen LogP contribution in [0.5, 0.6) is 0 Å². The minimum Gasteiger partial charge on any atom is -0.310 e. The van der Waals surface area contributed by atoms with Crippen LogP contribution < -0.4 is 5.32 Å². The minimum atomic E-state index is 0.692. The van der Waals surface area contributed by atoms with Gasteiger partial charge in [0.2, 0.25) is 0 Å². The van der Waals surface area contributed by atoms with Gasteiger partial charge in [0.15, 0.2) is 0 Å². The lowest BCUT2D eigenvalue weighted by molar-refractivity contribution is 0.680. The van der Waals surface area contributed by atoms with Crippen molar-refractivity contribution in [2.75, 3.05) is 0 Å². The van der Waals surface area contributed by atoms with Gasteiger partial charge >= 0.3 is 0 Å². The third-order valence-electron chi connectivity index (χ3n) is 3.10. The molecule has 5 heteroatoms. The summed E-state index contributed by atoms with van der Waals surface area (Å²) < 4.78 is 0.994. The van der Waals surface area contributed by atoms with E-state index in [9.17, 15) is 0 Å². The fourth-order valence-electron chi connectivity index (χ4n) is 1.86. The van der Waals surface area contributed by atoms with E-state index in [2.05, 4.69) is 32.3 Å². The highest BCUT2D eigenvalue weighted by atomic mass is 79.9. The lowest BCUT2D eigenvalue weighted by Gasteiger charge is -2.10. The van der Waals surface area contributed by atoms with Crippen molar-refractivity contribution in [2.45, 2.75) is 35.3 Å². The molecule has 1 aromatic carbocycles. The smallest absolute Gasteiger partial charge is 0.101 e. The summed E-state index contributed by atoms with van der Waals surface area (Å²) in [5.41, 5.74) is 1.24. The Hall–Kier alpha value is -0.550. The Kier molecular flexibility index (Phi) is 4.66. The number of rotatable bonds is 5. The fourth-order valence-corrected chi connectivity index (χ4v) is 3.16. The van der Waals surface area contributed by atoms with Gasteiger partial charge in [-0.3, -0.25) is 0 Å². The maximum absolute atomic E-state index is 6.11. The zero-order valence-corrected chi connectivity index (χ0v) is 13.9. The van der Waals surface area contributed by atoms with Crippen molar-refractivity contribution in [3.63, 3.8) is 0 Å². The summed E-state index contributed by atoms with van der Waals surface area (Å²) in [6, 6.07) is 10.8. The van der Waals surface area contributed by atoms with E-state index in [0.717, 1.165) is 21.1 Å². The van der Waals surface area contributed by atoms with Crippen LogP contribution in [-0.2, 0) is 6.54 Å². The highest BCUT2D eigenvalue weighted by Crippen LogP contribution is 2.32. The molecule has 104 valence electrons. The first-order valence-corrected chi connectivity index (χ1v) is 8.51. The maximum Gasteiger partial charge on any atom is 0.101 e. The molecule has 0 spiro atoms. The molecule has 0 amide bonds. The third-order valence-corrected chi connectivity index (χ3v) is 4.87. The highest BCUT2D eigenvalue weighted by Gasteiger charge is 2.20. The van der Waals surface area contributed by atoms with E-state index in [0.29, 0.717) is 6.04 Å². The molecule has 0 unspecified atom stereocenters. The summed E-state index contributed by atoms with van der Waals surface area (Å²) in [4.78, 5) is 5.61. The van der Waals surface area contributed by atoms with Crippen LogP contribution in [0, 0.1) is 0 Å². The molecule has 2 nitrogen and oxygen atoms in total. The first-order valence-electron chi connectivity index (χ1n) is 6.52. The third kappa shape index (κ3) is 3.98. The van der Waals surface area contributed by atoms with Gasteiger partial charge in [-0.2, -0.15) is 0 Å². The maximum atomic E-state index is 6.11. The van der Waals surface area contributed by atoms with E-state index < -0.39 is 0 Å².